The van der Waals surface area contributed by atoms with Crippen molar-refractivity contribution < 1.29 is 14.3 Å². The van der Waals surface area contributed by atoms with Crippen molar-refractivity contribution in [3.05, 3.63) is 29.6 Å². The van der Waals surface area contributed by atoms with Gasteiger partial charge in [-0.25, -0.2) is 4.39 Å². The third-order valence-corrected chi connectivity index (χ3v) is 1.80. The van der Waals surface area contributed by atoms with Gasteiger partial charge in [0.2, 0.25) is 0 Å². The number of carbonyl (C=O) groups is 1. The second-order valence-electron chi connectivity index (χ2n) is 3.30. The Labute approximate surface area is 86.9 Å². The topological polar surface area (TPSA) is 75.3 Å². The molecule has 0 bridgehead atoms. The first kappa shape index (κ1) is 11.5. The number of aliphatic hydroxyl groups is 1. The molecule has 0 saturated heterocycles. The number of nitrogen functional groups attached to an aromatic ring is 1. The fourth-order valence-corrected chi connectivity index (χ4v) is 1.05. The Morgan fingerprint density at radius 2 is 2.33 bits per heavy atom. The highest BCUT2D eigenvalue weighted by Gasteiger charge is 2.11. The quantitative estimate of drug-likeness (QED) is 0.639. The Kier molecular flexibility index (Phi) is 3.62. The van der Waals surface area contributed by atoms with Crippen LogP contribution < -0.4 is 11.1 Å². The van der Waals surface area contributed by atoms with E-state index in [0.29, 0.717) is 0 Å². The number of halogens is 1. The predicted octanol–water partition coefficient (Wildman–Crippen LogP) is 0.519. The maximum atomic E-state index is 13.2. The Morgan fingerprint density at radius 3 is 2.87 bits per heavy atom. The second kappa shape index (κ2) is 4.75. The van der Waals surface area contributed by atoms with E-state index in [9.17, 15) is 9.18 Å². The second-order valence-corrected chi connectivity index (χ2v) is 3.30. The van der Waals surface area contributed by atoms with E-state index < -0.39 is 17.8 Å². The molecule has 0 spiro atoms. The van der Waals surface area contributed by atoms with Crippen LogP contribution in [0.5, 0.6) is 0 Å². The molecule has 0 aliphatic rings. The van der Waals surface area contributed by atoms with Crippen LogP contribution in [-0.2, 0) is 0 Å². The summed E-state index contributed by atoms with van der Waals surface area (Å²) in [4.78, 5) is 11.4. The van der Waals surface area contributed by atoms with Crippen molar-refractivity contribution in [3.8, 4) is 0 Å². The van der Waals surface area contributed by atoms with E-state index >= 15 is 0 Å². The van der Waals surface area contributed by atoms with Gasteiger partial charge in [-0.2, -0.15) is 0 Å². The van der Waals surface area contributed by atoms with Gasteiger partial charge >= 0.3 is 0 Å². The number of hydrogen-bond acceptors (Lipinski definition) is 3. The van der Waals surface area contributed by atoms with Gasteiger partial charge in [0.25, 0.3) is 5.91 Å². The van der Waals surface area contributed by atoms with Crippen molar-refractivity contribution in [3.63, 3.8) is 0 Å². The summed E-state index contributed by atoms with van der Waals surface area (Å²) >= 11 is 0. The Balaban J connectivity index is 2.74. The van der Waals surface area contributed by atoms with Crippen LogP contribution in [0, 0.1) is 5.82 Å². The lowest BCUT2D eigenvalue weighted by Gasteiger charge is -2.07. The van der Waals surface area contributed by atoms with Crippen LogP contribution in [0.1, 0.15) is 17.3 Å². The molecule has 0 aliphatic heterocycles. The van der Waals surface area contributed by atoms with Crippen LogP contribution in [0.4, 0.5) is 10.1 Å². The van der Waals surface area contributed by atoms with Gasteiger partial charge in [0, 0.05) is 12.2 Å². The van der Waals surface area contributed by atoms with E-state index in [1.807, 2.05) is 0 Å². The summed E-state index contributed by atoms with van der Waals surface area (Å²) in [7, 11) is 0. The highest BCUT2D eigenvalue weighted by Crippen LogP contribution is 2.11. The molecule has 1 aromatic carbocycles. The molecule has 1 aromatic rings. The van der Waals surface area contributed by atoms with E-state index in [1.54, 1.807) is 0 Å². The zero-order valence-corrected chi connectivity index (χ0v) is 8.33. The van der Waals surface area contributed by atoms with Gasteiger partial charge in [-0.3, -0.25) is 4.79 Å². The number of aliphatic hydroxyl groups excluding tert-OH is 1. The van der Waals surface area contributed by atoms with Crippen LogP contribution in [0.2, 0.25) is 0 Å². The van der Waals surface area contributed by atoms with Gasteiger partial charge in [-0.05, 0) is 25.1 Å². The lowest BCUT2D eigenvalue weighted by molar-refractivity contribution is 0.0920. The minimum absolute atomic E-state index is 0.0788. The van der Waals surface area contributed by atoms with Crippen molar-refractivity contribution in [1.82, 2.24) is 5.32 Å². The van der Waals surface area contributed by atoms with Gasteiger partial charge in [-0.1, -0.05) is 0 Å². The molecule has 0 saturated carbocycles. The van der Waals surface area contributed by atoms with Crippen molar-refractivity contribution in [2.24, 2.45) is 0 Å². The summed E-state index contributed by atoms with van der Waals surface area (Å²) in [6.45, 7) is 1.61. The van der Waals surface area contributed by atoms with Crippen molar-refractivity contribution in [1.29, 1.82) is 0 Å². The Bertz CT molecular complexity index is 366. The first-order valence-electron chi connectivity index (χ1n) is 4.52. The molecular weight excluding hydrogens is 199 g/mol. The van der Waals surface area contributed by atoms with Crippen molar-refractivity contribution >= 4 is 11.6 Å². The first-order valence-corrected chi connectivity index (χ1v) is 4.52. The minimum atomic E-state index is -0.668. The van der Waals surface area contributed by atoms with Crippen molar-refractivity contribution in [2.45, 2.75) is 13.0 Å². The summed E-state index contributed by atoms with van der Waals surface area (Å²) < 4.78 is 13.2. The number of rotatable bonds is 3. The molecule has 0 aliphatic carbocycles. The molecule has 0 radical (unpaired) electrons. The van der Waals surface area contributed by atoms with E-state index in [0.717, 1.165) is 6.07 Å². The molecule has 4 nitrogen and oxygen atoms in total. The number of benzene rings is 1. The molecule has 1 rings (SSSR count). The normalized spacial score (nSPS) is 12.2. The van der Waals surface area contributed by atoms with Crippen LogP contribution in [0.25, 0.3) is 0 Å². The third kappa shape index (κ3) is 3.21. The van der Waals surface area contributed by atoms with E-state index in [-0.39, 0.29) is 17.8 Å². The number of nitrogens with one attached hydrogen (secondary N) is 1. The lowest BCUT2D eigenvalue weighted by atomic mass is 10.2. The molecule has 5 heteroatoms. The van der Waals surface area contributed by atoms with Crippen LogP contribution >= 0.6 is 0 Å². The molecule has 4 N–H and O–H groups in total. The summed E-state index contributed by atoms with van der Waals surface area (Å²) in [5, 5.41) is 11.3. The van der Waals surface area contributed by atoms with E-state index in [2.05, 4.69) is 5.32 Å². The van der Waals surface area contributed by atoms with Crippen LogP contribution in [0.3, 0.4) is 0 Å². The molecule has 1 amide bonds. The molecule has 0 fully saturated rings. The number of amides is 1. The SMILES string of the molecule is CC(O)CNC(=O)c1ccc(N)cc1F. The summed E-state index contributed by atoms with van der Waals surface area (Å²) in [5.74, 6) is -1.23. The molecule has 0 heterocycles. The molecule has 1 unspecified atom stereocenters. The summed E-state index contributed by atoms with van der Waals surface area (Å²) in [5.41, 5.74) is 5.52. The highest BCUT2D eigenvalue weighted by atomic mass is 19.1. The zero-order chi connectivity index (χ0) is 11.4. The molecule has 1 atom stereocenters. The fourth-order valence-electron chi connectivity index (χ4n) is 1.05. The summed E-state index contributed by atoms with van der Waals surface area (Å²) in [6, 6.07) is 3.83. The summed E-state index contributed by atoms with van der Waals surface area (Å²) in [6.07, 6.45) is -0.661. The maximum Gasteiger partial charge on any atom is 0.254 e. The van der Waals surface area contributed by atoms with Crippen LogP contribution in [0.15, 0.2) is 18.2 Å². The van der Waals surface area contributed by atoms with Crippen molar-refractivity contribution in [2.75, 3.05) is 12.3 Å². The average molecular weight is 212 g/mol. The van der Waals surface area contributed by atoms with E-state index in [4.69, 9.17) is 10.8 Å². The van der Waals surface area contributed by atoms with Gasteiger partial charge in [0.05, 0.1) is 11.7 Å². The highest BCUT2D eigenvalue weighted by molar-refractivity contribution is 5.94. The number of nitrogens with two attached hydrogens (primary N) is 1. The first-order chi connectivity index (χ1) is 7.00. The van der Waals surface area contributed by atoms with Crippen LogP contribution in [-0.4, -0.2) is 23.7 Å². The van der Waals surface area contributed by atoms with E-state index in [1.165, 1.54) is 19.1 Å². The Hall–Kier alpha value is -1.62. The van der Waals surface area contributed by atoms with Gasteiger partial charge < -0.3 is 16.2 Å². The van der Waals surface area contributed by atoms with Gasteiger partial charge in [0.15, 0.2) is 0 Å². The lowest BCUT2D eigenvalue weighted by Crippen LogP contribution is -2.31. The van der Waals surface area contributed by atoms with Gasteiger partial charge in [-0.15, -0.1) is 0 Å². The maximum absolute atomic E-state index is 13.2. The zero-order valence-electron chi connectivity index (χ0n) is 8.33. The number of anilines is 1. The number of carbonyl (C=O) groups excluding carboxylic acids is 1. The third-order valence-electron chi connectivity index (χ3n) is 1.80. The standard InChI is InChI=1S/C10H13FN2O2/c1-6(14)5-13-10(15)8-3-2-7(12)4-9(8)11/h2-4,6,14H,5,12H2,1H3,(H,13,15). The fraction of sp³-hybridized carbons (Fsp3) is 0.300. The monoisotopic (exact) mass is 212 g/mol. The molecular formula is C10H13FN2O2. The predicted molar refractivity (Wildman–Crippen MR) is 54.8 cm³/mol. The smallest absolute Gasteiger partial charge is 0.254 e. The van der Waals surface area contributed by atoms with Gasteiger partial charge in [0.1, 0.15) is 5.82 Å². The Morgan fingerprint density at radius 1 is 1.67 bits per heavy atom. The number of hydrogen-bond donors (Lipinski definition) is 3. The molecule has 15 heavy (non-hydrogen) atoms. The minimum Gasteiger partial charge on any atom is -0.399 e. The average Bonchev–Trinajstić information content (AvgIpc) is 2.14. The largest absolute Gasteiger partial charge is 0.399 e. The molecule has 82 valence electrons. The molecule has 0 aromatic heterocycles.